The molecule has 0 aromatic carbocycles. The topological polar surface area (TPSA) is 82.8 Å². The van der Waals surface area contributed by atoms with Crippen molar-refractivity contribution in [2.75, 3.05) is 40.1 Å². The Labute approximate surface area is 103 Å². The lowest BCUT2D eigenvalue weighted by Crippen LogP contribution is -2.29. The SMILES string of the molecule is COCCCOCCOCCCCC(=O)NN. The van der Waals surface area contributed by atoms with Crippen LogP contribution < -0.4 is 11.3 Å². The Kier molecular flexibility index (Phi) is 12.8. The smallest absolute Gasteiger partial charge is 0.233 e. The van der Waals surface area contributed by atoms with Crippen molar-refractivity contribution in [3.05, 3.63) is 0 Å². The molecule has 0 saturated carbocycles. The molecule has 17 heavy (non-hydrogen) atoms. The van der Waals surface area contributed by atoms with Crippen LogP contribution in [-0.4, -0.2) is 46.1 Å². The van der Waals surface area contributed by atoms with Gasteiger partial charge in [-0.1, -0.05) is 0 Å². The van der Waals surface area contributed by atoms with Gasteiger partial charge in [-0.2, -0.15) is 0 Å². The molecular weight excluding hydrogens is 224 g/mol. The largest absolute Gasteiger partial charge is 0.385 e. The second kappa shape index (κ2) is 13.4. The number of unbranched alkanes of at least 4 members (excludes halogenated alkanes) is 1. The second-order valence-corrected chi connectivity index (χ2v) is 3.60. The van der Waals surface area contributed by atoms with E-state index < -0.39 is 0 Å². The molecule has 6 nitrogen and oxygen atoms in total. The molecule has 0 radical (unpaired) electrons. The lowest BCUT2D eigenvalue weighted by Gasteiger charge is -2.05. The Morgan fingerprint density at radius 1 is 1.00 bits per heavy atom. The maximum Gasteiger partial charge on any atom is 0.233 e. The summed E-state index contributed by atoms with van der Waals surface area (Å²) in [6, 6.07) is 0. The highest BCUT2D eigenvalue weighted by atomic mass is 16.5. The highest BCUT2D eigenvalue weighted by Crippen LogP contribution is 1.95. The molecule has 0 saturated heterocycles. The summed E-state index contributed by atoms with van der Waals surface area (Å²) < 4.78 is 15.5. The van der Waals surface area contributed by atoms with E-state index in [0.29, 0.717) is 32.8 Å². The van der Waals surface area contributed by atoms with E-state index >= 15 is 0 Å². The summed E-state index contributed by atoms with van der Waals surface area (Å²) in [5.41, 5.74) is 2.09. The molecule has 0 heterocycles. The molecule has 0 bridgehead atoms. The molecule has 1 amide bonds. The summed E-state index contributed by atoms with van der Waals surface area (Å²) in [4.78, 5) is 10.8. The number of amides is 1. The molecule has 0 aliphatic rings. The first-order valence-electron chi connectivity index (χ1n) is 5.95. The first-order valence-corrected chi connectivity index (χ1v) is 5.95. The normalized spacial score (nSPS) is 10.5. The number of rotatable bonds is 12. The number of nitrogens with two attached hydrogens (primary N) is 1. The molecule has 6 heteroatoms. The lowest BCUT2D eigenvalue weighted by molar-refractivity contribution is -0.121. The van der Waals surface area contributed by atoms with Crippen LogP contribution in [0.15, 0.2) is 0 Å². The summed E-state index contributed by atoms with van der Waals surface area (Å²) in [6.45, 7) is 3.28. The molecule has 0 atom stereocenters. The number of hydrazine groups is 1. The fourth-order valence-corrected chi connectivity index (χ4v) is 1.19. The van der Waals surface area contributed by atoms with Crippen molar-refractivity contribution in [1.29, 1.82) is 0 Å². The predicted molar refractivity (Wildman–Crippen MR) is 64.3 cm³/mol. The zero-order valence-electron chi connectivity index (χ0n) is 10.6. The number of methoxy groups -OCH3 is 1. The summed E-state index contributed by atoms with van der Waals surface area (Å²) >= 11 is 0. The number of carbonyl (C=O) groups is 1. The van der Waals surface area contributed by atoms with Crippen LogP contribution in [-0.2, 0) is 19.0 Å². The van der Waals surface area contributed by atoms with E-state index in [1.807, 2.05) is 0 Å². The van der Waals surface area contributed by atoms with E-state index in [1.54, 1.807) is 7.11 Å². The van der Waals surface area contributed by atoms with E-state index in [9.17, 15) is 4.79 Å². The highest BCUT2D eigenvalue weighted by molar-refractivity contribution is 5.74. The molecule has 0 unspecified atom stereocenters. The number of nitrogens with one attached hydrogen (secondary N) is 1. The van der Waals surface area contributed by atoms with Gasteiger partial charge in [0.25, 0.3) is 0 Å². The molecule has 102 valence electrons. The molecule has 0 fully saturated rings. The van der Waals surface area contributed by atoms with Crippen LogP contribution in [0, 0.1) is 0 Å². The average Bonchev–Trinajstić information content (AvgIpc) is 2.35. The minimum atomic E-state index is -0.133. The maximum absolute atomic E-state index is 10.8. The van der Waals surface area contributed by atoms with Crippen molar-refractivity contribution in [1.82, 2.24) is 5.43 Å². The van der Waals surface area contributed by atoms with Crippen molar-refractivity contribution in [3.8, 4) is 0 Å². The van der Waals surface area contributed by atoms with Gasteiger partial charge in [-0.15, -0.1) is 0 Å². The number of ether oxygens (including phenoxy) is 3. The summed E-state index contributed by atoms with van der Waals surface area (Å²) in [6.07, 6.45) is 3.01. The van der Waals surface area contributed by atoms with Gasteiger partial charge in [0.05, 0.1) is 13.2 Å². The maximum atomic E-state index is 10.8. The Balaban J connectivity index is 2.96. The van der Waals surface area contributed by atoms with Gasteiger partial charge in [0, 0.05) is 33.4 Å². The first kappa shape index (κ1) is 16.3. The lowest BCUT2D eigenvalue weighted by atomic mass is 10.2. The standard InChI is InChI=1S/C11H24N2O4/c1-15-6-4-8-17-10-9-16-7-3-2-5-11(14)13-12/h2-10,12H2,1H3,(H,13,14). The Hall–Kier alpha value is -0.690. The summed E-state index contributed by atoms with van der Waals surface area (Å²) in [5, 5.41) is 0. The van der Waals surface area contributed by atoms with Gasteiger partial charge in [-0.3, -0.25) is 10.2 Å². The van der Waals surface area contributed by atoms with Gasteiger partial charge in [-0.25, -0.2) is 5.84 Å². The third kappa shape index (κ3) is 13.2. The van der Waals surface area contributed by atoms with Crippen LogP contribution in [0.25, 0.3) is 0 Å². The molecule has 0 spiro atoms. The highest BCUT2D eigenvalue weighted by Gasteiger charge is 1.97. The monoisotopic (exact) mass is 248 g/mol. The molecule has 0 aliphatic carbocycles. The van der Waals surface area contributed by atoms with Crippen LogP contribution in [0.3, 0.4) is 0 Å². The zero-order chi connectivity index (χ0) is 12.8. The van der Waals surface area contributed by atoms with E-state index in [0.717, 1.165) is 25.9 Å². The van der Waals surface area contributed by atoms with Crippen molar-refractivity contribution in [2.24, 2.45) is 5.84 Å². The number of carbonyl (C=O) groups excluding carboxylic acids is 1. The van der Waals surface area contributed by atoms with Crippen molar-refractivity contribution in [2.45, 2.75) is 25.7 Å². The Morgan fingerprint density at radius 3 is 2.24 bits per heavy atom. The van der Waals surface area contributed by atoms with E-state index in [-0.39, 0.29) is 5.91 Å². The average molecular weight is 248 g/mol. The summed E-state index contributed by atoms with van der Waals surface area (Å²) in [5.74, 6) is 4.81. The van der Waals surface area contributed by atoms with Crippen LogP contribution in [0.5, 0.6) is 0 Å². The number of hydrogen-bond acceptors (Lipinski definition) is 5. The Bertz CT molecular complexity index is 179. The van der Waals surface area contributed by atoms with Crippen LogP contribution >= 0.6 is 0 Å². The van der Waals surface area contributed by atoms with E-state index in [2.05, 4.69) is 5.43 Å². The van der Waals surface area contributed by atoms with Crippen LogP contribution in [0.1, 0.15) is 25.7 Å². The Morgan fingerprint density at radius 2 is 1.65 bits per heavy atom. The molecule has 0 aromatic rings. The van der Waals surface area contributed by atoms with E-state index in [1.165, 1.54) is 0 Å². The fourth-order valence-electron chi connectivity index (χ4n) is 1.19. The van der Waals surface area contributed by atoms with Gasteiger partial charge < -0.3 is 14.2 Å². The number of hydrogen-bond donors (Lipinski definition) is 2. The van der Waals surface area contributed by atoms with Gasteiger partial charge in [0.1, 0.15) is 0 Å². The van der Waals surface area contributed by atoms with Gasteiger partial charge in [-0.05, 0) is 19.3 Å². The van der Waals surface area contributed by atoms with Gasteiger partial charge >= 0.3 is 0 Å². The third-order valence-corrected chi connectivity index (χ3v) is 2.11. The molecule has 0 aliphatic heterocycles. The molecule has 0 aromatic heterocycles. The van der Waals surface area contributed by atoms with Gasteiger partial charge in [0.15, 0.2) is 0 Å². The van der Waals surface area contributed by atoms with Crippen LogP contribution in [0.4, 0.5) is 0 Å². The van der Waals surface area contributed by atoms with Crippen molar-refractivity contribution in [3.63, 3.8) is 0 Å². The van der Waals surface area contributed by atoms with E-state index in [4.69, 9.17) is 20.1 Å². The quantitative estimate of drug-likeness (QED) is 0.223. The second-order valence-electron chi connectivity index (χ2n) is 3.60. The fraction of sp³-hybridized carbons (Fsp3) is 0.909. The zero-order valence-corrected chi connectivity index (χ0v) is 10.6. The van der Waals surface area contributed by atoms with Crippen molar-refractivity contribution < 1.29 is 19.0 Å². The van der Waals surface area contributed by atoms with Crippen LogP contribution in [0.2, 0.25) is 0 Å². The molecular formula is C11H24N2O4. The summed E-state index contributed by atoms with van der Waals surface area (Å²) in [7, 11) is 1.67. The third-order valence-electron chi connectivity index (χ3n) is 2.11. The first-order chi connectivity index (χ1) is 8.31. The van der Waals surface area contributed by atoms with Gasteiger partial charge in [0.2, 0.25) is 5.91 Å². The minimum absolute atomic E-state index is 0.133. The molecule has 3 N–H and O–H groups in total. The minimum Gasteiger partial charge on any atom is -0.385 e. The molecule has 0 rings (SSSR count). The van der Waals surface area contributed by atoms with Crippen molar-refractivity contribution >= 4 is 5.91 Å². The predicted octanol–water partition coefficient (Wildman–Crippen LogP) is 0.216.